The van der Waals surface area contributed by atoms with Crippen LogP contribution >= 0.6 is 0 Å². The van der Waals surface area contributed by atoms with Crippen molar-refractivity contribution < 1.29 is 17.9 Å². The van der Waals surface area contributed by atoms with E-state index in [0.717, 1.165) is 22.1 Å². The first-order valence-electron chi connectivity index (χ1n) is 5.83. The van der Waals surface area contributed by atoms with Crippen molar-refractivity contribution in [1.82, 2.24) is 5.32 Å². The minimum absolute atomic E-state index is 0.171. The molecule has 0 saturated heterocycles. The van der Waals surface area contributed by atoms with Crippen LogP contribution in [0.2, 0.25) is 0 Å². The number of hydrogen-bond acceptors (Lipinski definition) is 2. The van der Waals surface area contributed by atoms with Crippen LogP contribution in [0.15, 0.2) is 36.4 Å². The Morgan fingerprint density at radius 3 is 2.37 bits per heavy atom. The number of fused-ring (bicyclic) bond motifs is 1. The maximum absolute atomic E-state index is 12.1. The lowest BCUT2D eigenvalue weighted by Crippen LogP contribution is -2.28. The van der Waals surface area contributed by atoms with Gasteiger partial charge in [0.15, 0.2) is 0 Å². The molecule has 0 aromatic heterocycles. The number of rotatable bonds is 4. The van der Waals surface area contributed by atoms with Gasteiger partial charge in [0.25, 0.3) is 0 Å². The monoisotopic (exact) mass is 269 g/mol. The predicted octanol–water partition coefficient (Wildman–Crippen LogP) is 3.50. The Morgan fingerprint density at radius 2 is 1.74 bits per heavy atom. The lowest BCUT2D eigenvalue weighted by Gasteiger charge is -2.12. The summed E-state index contributed by atoms with van der Waals surface area (Å²) in [5.74, 6) is 0.718. The van der Waals surface area contributed by atoms with E-state index in [1.54, 1.807) is 19.2 Å². The second-order valence-corrected chi connectivity index (χ2v) is 4.19. The molecule has 2 nitrogen and oxygen atoms in total. The van der Waals surface area contributed by atoms with Crippen molar-refractivity contribution in [3.8, 4) is 5.75 Å². The fraction of sp³-hybridized carbons (Fsp3) is 0.286. The minimum atomic E-state index is -4.19. The number of alkyl halides is 3. The van der Waals surface area contributed by atoms with E-state index in [1.165, 1.54) is 0 Å². The summed E-state index contributed by atoms with van der Waals surface area (Å²) in [6.07, 6.45) is -4.19. The highest BCUT2D eigenvalue weighted by molar-refractivity contribution is 5.91. The largest absolute Gasteiger partial charge is 0.496 e. The zero-order valence-electron chi connectivity index (χ0n) is 10.4. The van der Waals surface area contributed by atoms with E-state index in [4.69, 9.17) is 4.74 Å². The molecule has 1 N–H and O–H groups in total. The predicted molar refractivity (Wildman–Crippen MR) is 68.3 cm³/mol. The van der Waals surface area contributed by atoms with Gasteiger partial charge in [-0.2, -0.15) is 13.2 Å². The highest BCUT2D eigenvalue weighted by atomic mass is 19.4. The maximum atomic E-state index is 12.1. The van der Waals surface area contributed by atoms with Gasteiger partial charge in [-0.05, 0) is 17.0 Å². The normalized spacial score (nSPS) is 11.8. The number of halogens is 3. The number of methoxy groups -OCH3 is 1. The molecule has 0 bridgehead atoms. The lowest BCUT2D eigenvalue weighted by atomic mass is 10.0. The first-order chi connectivity index (χ1) is 9.01. The van der Waals surface area contributed by atoms with E-state index in [-0.39, 0.29) is 6.54 Å². The van der Waals surface area contributed by atoms with Crippen molar-refractivity contribution in [1.29, 1.82) is 0 Å². The summed E-state index contributed by atoms with van der Waals surface area (Å²) < 4.78 is 41.6. The molecule has 0 spiro atoms. The maximum Gasteiger partial charge on any atom is 0.401 e. The van der Waals surface area contributed by atoms with Crippen LogP contribution in [-0.2, 0) is 6.54 Å². The standard InChI is InChI=1S/C14H14F3NO/c1-19-13-7-6-10(8-18-9-14(15,16)17)11-4-2-3-5-12(11)13/h2-7,18H,8-9H2,1H3. The molecule has 0 aliphatic rings. The average molecular weight is 269 g/mol. The summed E-state index contributed by atoms with van der Waals surface area (Å²) in [7, 11) is 1.57. The van der Waals surface area contributed by atoms with Crippen LogP contribution in [-0.4, -0.2) is 19.8 Å². The van der Waals surface area contributed by atoms with Crippen LogP contribution in [0.5, 0.6) is 5.75 Å². The molecule has 2 rings (SSSR count). The van der Waals surface area contributed by atoms with Gasteiger partial charge in [-0.25, -0.2) is 0 Å². The second-order valence-electron chi connectivity index (χ2n) is 4.19. The molecule has 0 atom stereocenters. The van der Waals surface area contributed by atoms with Gasteiger partial charge in [0.1, 0.15) is 5.75 Å². The van der Waals surface area contributed by atoms with Gasteiger partial charge in [0.05, 0.1) is 13.7 Å². The zero-order chi connectivity index (χ0) is 13.9. The third-order valence-corrected chi connectivity index (χ3v) is 2.84. The van der Waals surface area contributed by atoms with Crippen LogP contribution in [0, 0.1) is 0 Å². The van der Waals surface area contributed by atoms with Crippen molar-refractivity contribution in [3.63, 3.8) is 0 Å². The first kappa shape index (κ1) is 13.7. The van der Waals surface area contributed by atoms with Crippen LogP contribution in [0.1, 0.15) is 5.56 Å². The minimum Gasteiger partial charge on any atom is -0.496 e. The molecule has 0 saturated carbocycles. The van der Waals surface area contributed by atoms with Crippen LogP contribution in [0.4, 0.5) is 13.2 Å². The van der Waals surface area contributed by atoms with E-state index in [1.807, 2.05) is 24.3 Å². The second kappa shape index (κ2) is 5.48. The Hall–Kier alpha value is -1.75. The number of ether oxygens (including phenoxy) is 1. The summed E-state index contributed by atoms with van der Waals surface area (Å²) in [6.45, 7) is -0.822. The van der Waals surface area contributed by atoms with E-state index in [0.29, 0.717) is 0 Å². The van der Waals surface area contributed by atoms with Gasteiger partial charge in [-0.3, -0.25) is 0 Å². The smallest absolute Gasteiger partial charge is 0.401 e. The topological polar surface area (TPSA) is 21.3 Å². The number of nitrogens with one attached hydrogen (secondary N) is 1. The van der Waals surface area contributed by atoms with Crippen LogP contribution < -0.4 is 10.1 Å². The molecule has 0 aliphatic carbocycles. The van der Waals surface area contributed by atoms with Crippen molar-refractivity contribution in [2.45, 2.75) is 12.7 Å². The molecule has 0 heterocycles. The third-order valence-electron chi connectivity index (χ3n) is 2.84. The van der Waals surface area contributed by atoms with Crippen molar-refractivity contribution in [2.75, 3.05) is 13.7 Å². The van der Waals surface area contributed by atoms with Crippen molar-refractivity contribution >= 4 is 10.8 Å². The number of benzene rings is 2. The zero-order valence-corrected chi connectivity index (χ0v) is 10.4. The number of hydrogen-bond donors (Lipinski definition) is 1. The Bertz CT molecular complexity index is 566. The fourth-order valence-corrected chi connectivity index (χ4v) is 2.00. The summed E-state index contributed by atoms with van der Waals surface area (Å²) in [6, 6.07) is 11.0. The van der Waals surface area contributed by atoms with E-state index in [9.17, 15) is 13.2 Å². The molecule has 0 fully saturated rings. The van der Waals surface area contributed by atoms with Gasteiger partial charge < -0.3 is 10.1 Å². The van der Waals surface area contributed by atoms with Crippen molar-refractivity contribution in [2.24, 2.45) is 0 Å². The molecular formula is C14H14F3NO. The average Bonchev–Trinajstić information content (AvgIpc) is 2.37. The summed E-state index contributed by atoms with van der Waals surface area (Å²) in [4.78, 5) is 0. The first-order valence-corrected chi connectivity index (χ1v) is 5.83. The molecule has 2 aromatic rings. The summed E-state index contributed by atoms with van der Waals surface area (Å²) >= 11 is 0. The summed E-state index contributed by atoms with van der Waals surface area (Å²) in [5.41, 5.74) is 0.820. The van der Waals surface area contributed by atoms with Crippen molar-refractivity contribution in [3.05, 3.63) is 42.0 Å². The molecule has 19 heavy (non-hydrogen) atoms. The molecule has 0 aliphatic heterocycles. The lowest BCUT2D eigenvalue weighted by molar-refractivity contribution is -0.125. The SMILES string of the molecule is COc1ccc(CNCC(F)(F)F)c2ccccc12. The third kappa shape index (κ3) is 3.38. The van der Waals surface area contributed by atoms with E-state index >= 15 is 0 Å². The van der Waals surface area contributed by atoms with Gasteiger partial charge in [-0.1, -0.05) is 30.3 Å². The van der Waals surface area contributed by atoms with E-state index < -0.39 is 12.7 Å². The highest BCUT2D eigenvalue weighted by Crippen LogP contribution is 2.28. The molecular weight excluding hydrogens is 255 g/mol. The Balaban J connectivity index is 2.24. The Labute approximate surface area is 109 Å². The quantitative estimate of drug-likeness (QED) is 0.917. The molecule has 0 radical (unpaired) electrons. The van der Waals surface area contributed by atoms with Crippen LogP contribution in [0.3, 0.4) is 0 Å². The molecule has 102 valence electrons. The Kier molecular flexibility index (Phi) is 3.95. The van der Waals surface area contributed by atoms with Gasteiger partial charge in [0.2, 0.25) is 0 Å². The summed E-state index contributed by atoms with van der Waals surface area (Å²) in [5, 5.41) is 4.20. The van der Waals surface area contributed by atoms with Gasteiger partial charge in [-0.15, -0.1) is 0 Å². The highest BCUT2D eigenvalue weighted by Gasteiger charge is 2.26. The van der Waals surface area contributed by atoms with Gasteiger partial charge in [0, 0.05) is 11.9 Å². The molecule has 5 heteroatoms. The van der Waals surface area contributed by atoms with E-state index in [2.05, 4.69) is 5.32 Å². The van der Waals surface area contributed by atoms with Gasteiger partial charge >= 0.3 is 6.18 Å². The molecule has 2 aromatic carbocycles. The molecule has 0 unspecified atom stereocenters. The Morgan fingerprint density at radius 1 is 1.05 bits per heavy atom. The fourth-order valence-electron chi connectivity index (χ4n) is 2.00. The van der Waals surface area contributed by atoms with Crippen LogP contribution in [0.25, 0.3) is 10.8 Å². The molecule has 0 amide bonds.